The predicted octanol–water partition coefficient (Wildman–Crippen LogP) is 3.94. The summed E-state index contributed by atoms with van der Waals surface area (Å²) in [6.07, 6.45) is 1.41. The van der Waals surface area contributed by atoms with E-state index in [1.807, 2.05) is 0 Å². The first-order chi connectivity index (χ1) is 11.4. The number of nitrogens with zero attached hydrogens (tertiary/aromatic N) is 1. The molecular weight excluding hydrogens is 462 g/mol. The van der Waals surface area contributed by atoms with Crippen molar-refractivity contribution in [2.45, 2.75) is 0 Å². The molecule has 2 aromatic carbocycles. The molecule has 0 aliphatic heterocycles. The number of aromatic hydroxyl groups is 1. The van der Waals surface area contributed by atoms with Crippen LogP contribution in [-0.4, -0.2) is 27.5 Å². The lowest BCUT2D eigenvalue weighted by atomic mass is 10.2. The zero-order valence-electron chi connectivity index (χ0n) is 12.0. The van der Waals surface area contributed by atoms with E-state index in [9.17, 15) is 9.90 Å². The number of thiocarbonyl (C=S) groups is 1. The van der Waals surface area contributed by atoms with E-state index < -0.39 is 5.97 Å². The van der Waals surface area contributed by atoms with Gasteiger partial charge in [-0.05, 0) is 58.5 Å². The number of benzene rings is 2. The minimum atomic E-state index is -1.02. The van der Waals surface area contributed by atoms with Gasteiger partial charge < -0.3 is 15.5 Å². The van der Waals surface area contributed by atoms with E-state index in [0.717, 1.165) is 4.47 Å². The van der Waals surface area contributed by atoms with E-state index in [0.29, 0.717) is 15.7 Å². The van der Waals surface area contributed by atoms with Gasteiger partial charge in [0.25, 0.3) is 0 Å². The van der Waals surface area contributed by atoms with Gasteiger partial charge in [-0.15, -0.1) is 0 Å². The van der Waals surface area contributed by atoms with Crippen molar-refractivity contribution in [1.82, 2.24) is 5.43 Å². The fourth-order valence-electron chi connectivity index (χ4n) is 1.73. The van der Waals surface area contributed by atoms with Crippen molar-refractivity contribution < 1.29 is 15.0 Å². The van der Waals surface area contributed by atoms with Crippen molar-refractivity contribution in [3.05, 3.63) is 56.5 Å². The van der Waals surface area contributed by atoms with E-state index >= 15 is 0 Å². The molecule has 0 heterocycles. The van der Waals surface area contributed by atoms with Crippen LogP contribution >= 0.6 is 44.1 Å². The van der Waals surface area contributed by atoms with Crippen LogP contribution in [-0.2, 0) is 0 Å². The van der Waals surface area contributed by atoms with Crippen molar-refractivity contribution in [2.24, 2.45) is 5.10 Å². The molecule has 2 rings (SSSR count). The molecule has 4 N–H and O–H groups in total. The fourth-order valence-corrected chi connectivity index (χ4v) is 3.16. The molecule has 0 aliphatic rings. The molecule has 6 nitrogen and oxygen atoms in total. The molecule has 0 saturated carbocycles. The van der Waals surface area contributed by atoms with Crippen molar-refractivity contribution >= 4 is 67.1 Å². The van der Waals surface area contributed by atoms with Crippen molar-refractivity contribution in [1.29, 1.82) is 0 Å². The van der Waals surface area contributed by atoms with Gasteiger partial charge in [0.1, 0.15) is 5.75 Å². The van der Waals surface area contributed by atoms with Crippen LogP contribution in [0, 0.1) is 0 Å². The van der Waals surface area contributed by atoms with Gasteiger partial charge in [-0.3, -0.25) is 5.43 Å². The third-order valence-electron chi connectivity index (χ3n) is 2.79. The van der Waals surface area contributed by atoms with E-state index in [1.54, 1.807) is 24.3 Å². The van der Waals surface area contributed by atoms with Crippen LogP contribution in [0.25, 0.3) is 0 Å². The first-order valence-corrected chi connectivity index (χ1v) is 8.47. The van der Waals surface area contributed by atoms with Crippen LogP contribution in [0.3, 0.4) is 0 Å². The Morgan fingerprint density at radius 2 is 2.00 bits per heavy atom. The number of carboxylic acid groups (broad SMARTS) is 1. The van der Waals surface area contributed by atoms with Crippen molar-refractivity contribution in [2.75, 3.05) is 5.32 Å². The molecule has 0 bridgehead atoms. The first-order valence-electron chi connectivity index (χ1n) is 6.48. The van der Waals surface area contributed by atoms with Gasteiger partial charge in [-0.25, -0.2) is 4.79 Å². The average molecular weight is 473 g/mol. The van der Waals surface area contributed by atoms with Crippen LogP contribution in [0.15, 0.2) is 50.4 Å². The zero-order chi connectivity index (χ0) is 17.7. The van der Waals surface area contributed by atoms with Crippen LogP contribution in [0.5, 0.6) is 5.75 Å². The van der Waals surface area contributed by atoms with E-state index in [2.05, 4.69) is 47.7 Å². The molecule has 0 aromatic heterocycles. The Morgan fingerprint density at radius 3 is 2.71 bits per heavy atom. The molecule has 0 radical (unpaired) electrons. The highest BCUT2D eigenvalue weighted by Crippen LogP contribution is 2.30. The zero-order valence-corrected chi connectivity index (χ0v) is 15.9. The smallest absolute Gasteiger partial charge is 0.335 e. The first kappa shape index (κ1) is 18.4. The Hall–Kier alpha value is -1.97. The van der Waals surface area contributed by atoms with E-state index in [1.165, 1.54) is 18.3 Å². The standard InChI is InChI=1S/C15H11Br2N3O3S/c16-10-4-9(13(21)12(17)6-10)7-18-20-15(24)19-11-3-1-2-8(5-11)14(22)23/h1-7,21H,(H,22,23)(H2,19,20,24). The lowest BCUT2D eigenvalue weighted by Crippen LogP contribution is -2.24. The molecule has 124 valence electrons. The summed E-state index contributed by atoms with van der Waals surface area (Å²) < 4.78 is 1.31. The third kappa shape index (κ3) is 5.02. The molecule has 0 spiro atoms. The van der Waals surface area contributed by atoms with Crippen molar-refractivity contribution in [3.8, 4) is 5.75 Å². The number of halogens is 2. The Bertz CT molecular complexity index is 828. The molecule has 0 saturated heterocycles. The van der Waals surface area contributed by atoms with Crippen LogP contribution in [0.2, 0.25) is 0 Å². The van der Waals surface area contributed by atoms with Crippen molar-refractivity contribution in [3.63, 3.8) is 0 Å². The lowest BCUT2D eigenvalue weighted by Gasteiger charge is -2.08. The monoisotopic (exact) mass is 471 g/mol. The van der Waals surface area contributed by atoms with E-state index in [-0.39, 0.29) is 16.4 Å². The average Bonchev–Trinajstić information content (AvgIpc) is 2.52. The second kappa shape index (κ2) is 8.22. The molecule has 9 heteroatoms. The lowest BCUT2D eigenvalue weighted by molar-refractivity contribution is 0.0697. The van der Waals surface area contributed by atoms with Crippen LogP contribution in [0.4, 0.5) is 5.69 Å². The highest BCUT2D eigenvalue weighted by Gasteiger charge is 2.06. The minimum absolute atomic E-state index is 0.0526. The fraction of sp³-hybridized carbons (Fsp3) is 0. The number of phenolic OH excluding ortho intramolecular Hbond substituents is 1. The molecular formula is C15H11Br2N3O3S. The van der Waals surface area contributed by atoms with Crippen LogP contribution in [0.1, 0.15) is 15.9 Å². The number of carboxylic acids is 1. The van der Waals surface area contributed by atoms with Gasteiger partial charge in [0.15, 0.2) is 5.11 Å². The second-order valence-corrected chi connectivity index (χ2v) is 6.71. The van der Waals surface area contributed by atoms with Gasteiger partial charge in [0, 0.05) is 15.7 Å². The van der Waals surface area contributed by atoms with Gasteiger partial charge in [-0.1, -0.05) is 22.0 Å². The number of hydrogen-bond donors (Lipinski definition) is 4. The predicted molar refractivity (Wildman–Crippen MR) is 104 cm³/mol. The Balaban J connectivity index is 2.01. The summed E-state index contributed by atoms with van der Waals surface area (Å²) in [7, 11) is 0. The Morgan fingerprint density at radius 1 is 1.25 bits per heavy atom. The second-order valence-electron chi connectivity index (χ2n) is 4.54. The summed E-state index contributed by atoms with van der Waals surface area (Å²) in [6, 6.07) is 9.63. The summed E-state index contributed by atoms with van der Waals surface area (Å²) >= 11 is 11.6. The molecule has 0 amide bonds. The number of aromatic carboxylic acids is 1. The number of hydrogen-bond acceptors (Lipinski definition) is 4. The Labute approximate surface area is 159 Å². The maximum Gasteiger partial charge on any atom is 0.335 e. The maximum absolute atomic E-state index is 10.9. The summed E-state index contributed by atoms with van der Waals surface area (Å²) in [5.41, 5.74) is 3.75. The number of carbonyl (C=O) groups is 1. The molecule has 0 unspecified atom stereocenters. The van der Waals surface area contributed by atoms with Gasteiger partial charge in [0.2, 0.25) is 0 Å². The number of phenols is 1. The minimum Gasteiger partial charge on any atom is -0.506 e. The summed E-state index contributed by atoms with van der Waals surface area (Å²) in [5, 5.41) is 25.8. The largest absolute Gasteiger partial charge is 0.506 e. The number of nitrogens with one attached hydrogen (secondary N) is 2. The summed E-state index contributed by atoms with van der Waals surface area (Å²) in [6.45, 7) is 0. The van der Waals surface area contributed by atoms with E-state index in [4.69, 9.17) is 17.3 Å². The summed E-state index contributed by atoms with van der Waals surface area (Å²) in [5.74, 6) is -0.969. The third-order valence-corrected chi connectivity index (χ3v) is 4.05. The number of hydrazone groups is 1. The summed E-state index contributed by atoms with van der Waals surface area (Å²) in [4.78, 5) is 10.9. The molecule has 2 aromatic rings. The van der Waals surface area contributed by atoms with Gasteiger partial charge in [0.05, 0.1) is 16.3 Å². The molecule has 24 heavy (non-hydrogen) atoms. The topological polar surface area (TPSA) is 94.0 Å². The van der Waals surface area contributed by atoms with Gasteiger partial charge in [-0.2, -0.15) is 5.10 Å². The quantitative estimate of drug-likeness (QED) is 0.306. The highest BCUT2D eigenvalue weighted by molar-refractivity contribution is 9.11. The van der Waals surface area contributed by atoms with Crippen LogP contribution < -0.4 is 10.7 Å². The number of anilines is 1. The Kier molecular flexibility index (Phi) is 6.29. The molecule has 0 fully saturated rings. The molecule has 0 aliphatic carbocycles. The van der Waals surface area contributed by atoms with Gasteiger partial charge >= 0.3 is 5.97 Å². The highest BCUT2D eigenvalue weighted by atomic mass is 79.9. The number of rotatable bonds is 4. The maximum atomic E-state index is 10.9. The normalized spacial score (nSPS) is 10.6. The molecule has 0 atom stereocenters. The SMILES string of the molecule is O=C(O)c1cccc(NC(=S)NN=Cc2cc(Br)cc(Br)c2O)c1.